The summed E-state index contributed by atoms with van der Waals surface area (Å²) < 4.78 is 7.44. The second kappa shape index (κ2) is 19.2. The van der Waals surface area contributed by atoms with E-state index in [0.29, 0.717) is 12.2 Å². The van der Waals surface area contributed by atoms with Crippen molar-refractivity contribution in [2.45, 2.75) is 53.1 Å². The Bertz CT molecular complexity index is 965. The highest BCUT2D eigenvalue weighted by molar-refractivity contribution is 5.70. The Morgan fingerprint density at radius 1 is 0.806 bits per heavy atom. The molecule has 0 spiro atoms. The molecule has 36 heavy (non-hydrogen) atoms. The van der Waals surface area contributed by atoms with E-state index in [0.717, 1.165) is 24.3 Å². The van der Waals surface area contributed by atoms with Gasteiger partial charge in [-0.05, 0) is 25.8 Å². The fourth-order valence-electron chi connectivity index (χ4n) is 2.22. The first-order chi connectivity index (χ1) is 17.1. The van der Waals surface area contributed by atoms with Crippen LogP contribution in [0.2, 0.25) is 0 Å². The number of benzene rings is 1. The minimum absolute atomic E-state index is 0.0556. The number of hydrogen-bond acceptors (Lipinski definition) is 8. The van der Waals surface area contributed by atoms with Crippen molar-refractivity contribution in [1.82, 2.24) is 30.0 Å². The normalized spacial score (nSPS) is 9.44. The fraction of sp³-hybridized carbons (Fsp3) is 0.435. The molecule has 13 heteroatoms. The van der Waals surface area contributed by atoms with Gasteiger partial charge in [-0.3, -0.25) is 19.1 Å². The molecule has 198 valence electrons. The van der Waals surface area contributed by atoms with E-state index >= 15 is 0 Å². The predicted octanol–water partition coefficient (Wildman–Crippen LogP) is 1.82. The van der Waals surface area contributed by atoms with Gasteiger partial charge in [-0.15, -0.1) is 10.2 Å². The van der Waals surface area contributed by atoms with Gasteiger partial charge in [-0.1, -0.05) is 47.7 Å². The Balaban J connectivity index is 0.000000475. The molecule has 0 saturated heterocycles. The molecular formula is C23H34N6O7. The standard InChI is InChI=1S/C8H8O2.2C6H9N3O2.C3H8O/c9-8(10)6-7-4-2-1-3-5-7;1-2-9-4-5(7-8-9)3-6(10)11;1-2-5-3-9(8-7-5)4-6(10)11;1-3-4-2/h1-5H,6H2,(H,9,10);4H,2-3H2,1H3,(H,10,11);3H,2,4H2,1H3,(H,10,11);3H2,1-2H3. The Morgan fingerprint density at radius 3 is 1.75 bits per heavy atom. The monoisotopic (exact) mass is 506 g/mol. The van der Waals surface area contributed by atoms with Crippen molar-refractivity contribution in [2.75, 3.05) is 13.7 Å². The molecule has 3 N–H and O–H groups in total. The highest BCUT2D eigenvalue weighted by Gasteiger charge is 2.04. The van der Waals surface area contributed by atoms with Gasteiger partial charge >= 0.3 is 17.9 Å². The minimum atomic E-state index is -0.905. The number of rotatable bonds is 9. The van der Waals surface area contributed by atoms with Crippen molar-refractivity contribution < 1.29 is 34.4 Å². The van der Waals surface area contributed by atoms with Crippen LogP contribution in [0.25, 0.3) is 0 Å². The van der Waals surface area contributed by atoms with Crippen LogP contribution in [0.5, 0.6) is 0 Å². The number of hydrogen-bond donors (Lipinski definition) is 3. The van der Waals surface area contributed by atoms with E-state index in [9.17, 15) is 14.4 Å². The van der Waals surface area contributed by atoms with Crippen molar-refractivity contribution in [1.29, 1.82) is 0 Å². The summed E-state index contributed by atoms with van der Waals surface area (Å²) in [6, 6.07) is 9.13. The van der Waals surface area contributed by atoms with Gasteiger partial charge < -0.3 is 20.1 Å². The van der Waals surface area contributed by atoms with Crippen molar-refractivity contribution in [2.24, 2.45) is 0 Å². The van der Waals surface area contributed by atoms with Crippen LogP contribution in [-0.4, -0.2) is 76.9 Å². The number of carbonyl (C=O) groups is 3. The molecule has 13 nitrogen and oxygen atoms in total. The number of aromatic nitrogens is 6. The Hall–Kier alpha value is -4.13. The van der Waals surface area contributed by atoms with E-state index in [-0.39, 0.29) is 19.4 Å². The summed E-state index contributed by atoms with van der Waals surface area (Å²) >= 11 is 0. The first-order valence-electron chi connectivity index (χ1n) is 11.1. The number of aliphatic carboxylic acids is 3. The summed E-state index contributed by atoms with van der Waals surface area (Å²) in [5, 5.41) is 39.8. The lowest BCUT2D eigenvalue weighted by Gasteiger charge is -1.92. The summed E-state index contributed by atoms with van der Waals surface area (Å²) in [7, 11) is 1.68. The SMILES string of the molecule is CCOC.CCc1cn(CC(=O)O)nn1.CCn1cc(CC(=O)O)nn1.O=C(O)Cc1ccccc1. The molecule has 0 aliphatic heterocycles. The summed E-state index contributed by atoms with van der Waals surface area (Å²) in [5.74, 6) is -2.57. The Morgan fingerprint density at radius 2 is 1.33 bits per heavy atom. The number of carboxylic acids is 3. The molecule has 0 bridgehead atoms. The van der Waals surface area contributed by atoms with E-state index in [1.165, 1.54) is 4.68 Å². The summed E-state index contributed by atoms with van der Waals surface area (Å²) in [6.07, 6.45) is 4.10. The van der Waals surface area contributed by atoms with E-state index in [2.05, 4.69) is 25.4 Å². The first kappa shape index (κ1) is 31.9. The smallest absolute Gasteiger partial charge is 0.325 e. The zero-order valence-corrected chi connectivity index (χ0v) is 20.9. The molecule has 2 aromatic heterocycles. The minimum Gasteiger partial charge on any atom is -0.481 e. The second-order valence-corrected chi connectivity index (χ2v) is 6.92. The quantitative estimate of drug-likeness (QED) is 0.385. The molecule has 3 rings (SSSR count). The largest absolute Gasteiger partial charge is 0.481 e. The van der Waals surface area contributed by atoms with Gasteiger partial charge in [0.15, 0.2) is 0 Å². The van der Waals surface area contributed by atoms with E-state index in [4.69, 9.17) is 15.3 Å². The Labute approximate surface area is 209 Å². The lowest BCUT2D eigenvalue weighted by atomic mass is 10.2. The van der Waals surface area contributed by atoms with Crippen LogP contribution in [0, 0.1) is 0 Å². The van der Waals surface area contributed by atoms with Crippen LogP contribution >= 0.6 is 0 Å². The lowest BCUT2D eigenvalue weighted by molar-refractivity contribution is -0.138. The van der Waals surface area contributed by atoms with Crippen LogP contribution in [0.1, 0.15) is 37.7 Å². The lowest BCUT2D eigenvalue weighted by Crippen LogP contribution is -2.08. The summed E-state index contributed by atoms with van der Waals surface area (Å²) in [6.45, 7) is 7.23. The molecule has 0 aliphatic rings. The first-order valence-corrected chi connectivity index (χ1v) is 11.1. The third kappa shape index (κ3) is 16.5. The van der Waals surface area contributed by atoms with Crippen molar-refractivity contribution in [3.63, 3.8) is 0 Å². The maximum Gasteiger partial charge on any atom is 0.325 e. The molecule has 0 unspecified atom stereocenters. The molecular weight excluding hydrogens is 472 g/mol. The molecule has 0 atom stereocenters. The highest BCUT2D eigenvalue weighted by atomic mass is 16.5. The maximum absolute atomic E-state index is 10.2. The molecule has 0 fully saturated rings. The molecule has 0 amide bonds. The van der Waals surface area contributed by atoms with Crippen LogP contribution in [0.3, 0.4) is 0 Å². The van der Waals surface area contributed by atoms with Gasteiger partial charge in [0.05, 0.1) is 24.2 Å². The van der Waals surface area contributed by atoms with Crippen LogP contribution in [-0.2, 0) is 51.5 Å². The number of methoxy groups -OCH3 is 1. The van der Waals surface area contributed by atoms with Crippen molar-refractivity contribution in [3.8, 4) is 0 Å². The molecule has 0 saturated carbocycles. The zero-order valence-electron chi connectivity index (χ0n) is 20.9. The third-order valence-electron chi connectivity index (χ3n) is 3.97. The summed E-state index contributed by atoms with van der Waals surface area (Å²) in [5.41, 5.74) is 2.15. The van der Waals surface area contributed by atoms with E-state index in [1.54, 1.807) is 36.3 Å². The van der Waals surface area contributed by atoms with E-state index in [1.807, 2.05) is 39.0 Å². The zero-order chi connectivity index (χ0) is 27.3. The van der Waals surface area contributed by atoms with Crippen molar-refractivity contribution >= 4 is 17.9 Å². The van der Waals surface area contributed by atoms with E-state index < -0.39 is 17.9 Å². The number of nitrogens with zero attached hydrogens (tertiary/aromatic N) is 6. The average molecular weight is 507 g/mol. The maximum atomic E-state index is 10.2. The number of aryl methyl sites for hydroxylation is 2. The Kier molecular flexibility index (Phi) is 17.0. The molecule has 1 aromatic carbocycles. The number of carboxylic acid groups (broad SMARTS) is 3. The fourth-order valence-corrected chi connectivity index (χ4v) is 2.22. The van der Waals surface area contributed by atoms with Gasteiger partial charge in [0.2, 0.25) is 0 Å². The topological polar surface area (TPSA) is 183 Å². The van der Waals surface area contributed by atoms with Gasteiger partial charge in [-0.2, -0.15) is 0 Å². The van der Waals surface area contributed by atoms with Crippen LogP contribution in [0.4, 0.5) is 0 Å². The van der Waals surface area contributed by atoms with Crippen LogP contribution in [0.15, 0.2) is 42.7 Å². The van der Waals surface area contributed by atoms with Gasteiger partial charge in [0.1, 0.15) is 6.54 Å². The highest BCUT2D eigenvalue weighted by Crippen LogP contribution is 1.98. The molecule has 0 aliphatic carbocycles. The van der Waals surface area contributed by atoms with Crippen molar-refractivity contribution in [3.05, 3.63) is 59.7 Å². The summed E-state index contributed by atoms with van der Waals surface area (Å²) in [4.78, 5) is 30.5. The third-order valence-corrected chi connectivity index (χ3v) is 3.97. The van der Waals surface area contributed by atoms with Gasteiger partial charge in [-0.25, -0.2) is 4.68 Å². The molecule has 2 heterocycles. The number of ether oxygens (including phenoxy) is 1. The molecule has 3 aromatic rings. The second-order valence-electron chi connectivity index (χ2n) is 6.92. The van der Waals surface area contributed by atoms with Gasteiger partial charge in [0.25, 0.3) is 0 Å². The average Bonchev–Trinajstić information content (AvgIpc) is 3.48. The van der Waals surface area contributed by atoms with Gasteiger partial charge in [0, 0.05) is 32.7 Å². The predicted molar refractivity (Wildman–Crippen MR) is 129 cm³/mol. The van der Waals surface area contributed by atoms with Crippen LogP contribution < -0.4 is 0 Å². The molecule has 0 radical (unpaired) electrons.